The number of piperidine rings is 1. The molecule has 0 amide bonds. The molecule has 0 saturated carbocycles. The molecule has 1 fully saturated rings. The number of halogens is 1. The lowest BCUT2D eigenvalue weighted by molar-refractivity contribution is -0.145. The standard InChI is InChI=1S/C12H16ClNO3S/c13-11-2-1-10(18-11)7-14-5-3-9(4-6-14)17-8-12(15)16/h1-2,9H,3-8H2,(H,15,16). The molecule has 1 aromatic heterocycles. The van der Waals surface area contributed by atoms with Crippen molar-refractivity contribution in [1.82, 2.24) is 4.90 Å². The lowest BCUT2D eigenvalue weighted by Crippen LogP contribution is -2.37. The number of ether oxygens (including phenoxy) is 1. The Morgan fingerprint density at radius 3 is 2.78 bits per heavy atom. The predicted molar refractivity (Wildman–Crippen MR) is 71.2 cm³/mol. The molecule has 1 N–H and O–H groups in total. The van der Waals surface area contributed by atoms with E-state index in [0.717, 1.165) is 36.8 Å². The summed E-state index contributed by atoms with van der Waals surface area (Å²) in [5.41, 5.74) is 0. The lowest BCUT2D eigenvalue weighted by Gasteiger charge is -2.31. The number of thiophene rings is 1. The number of hydrogen-bond acceptors (Lipinski definition) is 4. The summed E-state index contributed by atoms with van der Waals surface area (Å²) < 4.78 is 6.13. The van der Waals surface area contributed by atoms with Crippen LogP contribution in [-0.2, 0) is 16.1 Å². The second-order valence-corrected chi connectivity index (χ2v) is 6.19. The highest BCUT2D eigenvalue weighted by Gasteiger charge is 2.20. The van der Waals surface area contributed by atoms with E-state index in [4.69, 9.17) is 21.4 Å². The third kappa shape index (κ3) is 4.24. The summed E-state index contributed by atoms with van der Waals surface area (Å²) in [6, 6.07) is 3.98. The third-order valence-corrected chi connectivity index (χ3v) is 4.20. The van der Waals surface area contributed by atoms with E-state index >= 15 is 0 Å². The Hall–Kier alpha value is -0.620. The Bertz CT molecular complexity index is 402. The van der Waals surface area contributed by atoms with E-state index in [9.17, 15) is 4.79 Å². The second-order valence-electron chi connectivity index (χ2n) is 4.39. The van der Waals surface area contributed by atoms with Gasteiger partial charge in [-0.3, -0.25) is 4.90 Å². The van der Waals surface area contributed by atoms with Gasteiger partial charge in [-0.15, -0.1) is 11.3 Å². The minimum Gasteiger partial charge on any atom is -0.480 e. The fourth-order valence-corrected chi connectivity index (χ4v) is 3.21. The number of carboxylic acids is 1. The summed E-state index contributed by atoms with van der Waals surface area (Å²) in [5, 5.41) is 8.55. The Balaban J connectivity index is 1.71. The SMILES string of the molecule is O=C(O)COC1CCN(Cc2ccc(Cl)s2)CC1. The quantitative estimate of drug-likeness (QED) is 0.905. The zero-order valence-electron chi connectivity index (χ0n) is 9.97. The van der Waals surface area contributed by atoms with Crippen LogP contribution in [0.2, 0.25) is 4.34 Å². The van der Waals surface area contributed by atoms with Gasteiger partial charge >= 0.3 is 5.97 Å². The molecule has 0 aromatic carbocycles. The normalized spacial score (nSPS) is 18.1. The van der Waals surface area contributed by atoms with E-state index in [0.29, 0.717) is 0 Å². The third-order valence-electron chi connectivity index (χ3n) is 2.99. The van der Waals surface area contributed by atoms with Crippen molar-refractivity contribution in [3.63, 3.8) is 0 Å². The van der Waals surface area contributed by atoms with Crippen molar-refractivity contribution in [1.29, 1.82) is 0 Å². The van der Waals surface area contributed by atoms with Crippen LogP contribution in [0, 0.1) is 0 Å². The second kappa shape index (κ2) is 6.52. The van der Waals surface area contributed by atoms with Gasteiger partial charge in [0, 0.05) is 24.5 Å². The molecule has 0 atom stereocenters. The van der Waals surface area contributed by atoms with E-state index in [2.05, 4.69) is 11.0 Å². The number of aliphatic carboxylic acids is 1. The van der Waals surface area contributed by atoms with Crippen LogP contribution in [0.4, 0.5) is 0 Å². The fourth-order valence-electron chi connectivity index (χ4n) is 2.08. The van der Waals surface area contributed by atoms with Crippen LogP contribution in [-0.4, -0.2) is 41.8 Å². The maximum atomic E-state index is 10.4. The largest absolute Gasteiger partial charge is 0.480 e. The highest BCUT2D eigenvalue weighted by molar-refractivity contribution is 7.16. The van der Waals surface area contributed by atoms with Crippen molar-refractivity contribution in [3.05, 3.63) is 21.3 Å². The van der Waals surface area contributed by atoms with Crippen molar-refractivity contribution in [2.45, 2.75) is 25.5 Å². The average Bonchev–Trinajstić information content (AvgIpc) is 2.74. The Morgan fingerprint density at radius 1 is 1.50 bits per heavy atom. The van der Waals surface area contributed by atoms with E-state index in [1.807, 2.05) is 6.07 Å². The first-order valence-corrected chi connectivity index (χ1v) is 7.13. The molecule has 1 aliphatic heterocycles. The molecule has 0 unspecified atom stereocenters. The highest BCUT2D eigenvalue weighted by Crippen LogP contribution is 2.24. The molecular weight excluding hydrogens is 274 g/mol. The van der Waals surface area contributed by atoms with Gasteiger partial charge < -0.3 is 9.84 Å². The van der Waals surface area contributed by atoms with Gasteiger partial charge in [-0.2, -0.15) is 0 Å². The molecule has 1 aromatic rings. The molecule has 18 heavy (non-hydrogen) atoms. The number of carboxylic acid groups (broad SMARTS) is 1. The Labute approximate surface area is 115 Å². The molecule has 6 heteroatoms. The van der Waals surface area contributed by atoms with Gasteiger partial charge in [0.25, 0.3) is 0 Å². The molecule has 1 aliphatic rings. The summed E-state index contributed by atoms with van der Waals surface area (Å²) in [7, 11) is 0. The van der Waals surface area contributed by atoms with Gasteiger partial charge in [0.15, 0.2) is 0 Å². The minimum atomic E-state index is -0.898. The van der Waals surface area contributed by atoms with Crippen LogP contribution in [0.3, 0.4) is 0 Å². The summed E-state index contributed by atoms with van der Waals surface area (Å²) in [5.74, 6) is -0.898. The lowest BCUT2D eigenvalue weighted by atomic mass is 10.1. The molecule has 0 radical (unpaired) electrons. The number of hydrogen-bond donors (Lipinski definition) is 1. The predicted octanol–water partition coefficient (Wildman–Crippen LogP) is 2.47. The van der Waals surface area contributed by atoms with Crippen LogP contribution in [0.5, 0.6) is 0 Å². The van der Waals surface area contributed by atoms with Gasteiger partial charge in [0.2, 0.25) is 0 Å². The van der Waals surface area contributed by atoms with Gasteiger partial charge in [-0.25, -0.2) is 4.79 Å². The molecule has 2 heterocycles. The topological polar surface area (TPSA) is 49.8 Å². The average molecular weight is 290 g/mol. The molecule has 0 bridgehead atoms. The summed E-state index contributed by atoms with van der Waals surface area (Å²) >= 11 is 7.51. The van der Waals surface area contributed by atoms with Crippen molar-refractivity contribution in [2.75, 3.05) is 19.7 Å². The first-order valence-electron chi connectivity index (χ1n) is 5.93. The molecule has 1 saturated heterocycles. The van der Waals surface area contributed by atoms with Gasteiger partial charge in [-0.1, -0.05) is 11.6 Å². The van der Waals surface area contributed by atoms with Crippen LogP contribution in [0.25, 0.3) is 0 Å². The minimum absolute atomic E-state index is 0.0873. The van der Waals surface area contributed by atoms with Gasteiger partial charge in [-0.05, 0) is 25.0 Å². The molecule has 2 rings (SSSR count). The first kappa shape index (κ1) is 13.8. The van der Waals surface area contributed by atoms with E-state index in [1.165, 1.54) is 4.88 Å². The number of likely N-dealkylation sites (tertiary alicyclic amines) is 1. The maximum absolute atomic E-state index is 10.4. The molecular formula is C12H16ClNO3S. The maximum Gasteiger partial charge on any atom is 0.329 e. The van der Waals surface area contributed by atoms with E-state index in [1.54, 1.807) is 11.3 Å². The van der Waals surface area contributed by atoms with E-state index in [-0.39, 0.29) is 12.7 Å². The van der Waals surface area contributed by atoms with Crippen molar-refractivity contribution in [2.24, 2.45) is 0 Å². The van der Waals surface area contributed by atoms with E-state index < -0.39 is 5.97 Å². The van der Waals surface area contributed by atoms with Crippen LogP contribution >= 0.6 is 22.9 Å². The Kier molecular flexibility index (Phi) is 5.00. The number of carbonyl (C=O) groups is 1. The first-order chi connectivity index (χ1) is 8.63. The molecule has 0 spiro atoms. The fraction of sp³-hybridized carbons (Fsp3) is 0.583. The monoisotopic (exact) mass is 289 g/mol. The van der Waals surface area contributed by atoms with Crippen molar-refractivity contribution >= 4 is 28.9 Å². The molecule has 100 valence electrons. The summed E-state index contributed by atoms with van der Waals surface area (Å²) in [6.07, 6.45) is 1.88. The summed E-state index contributed by atoms with van der Waals surface area (Å²) in [4.78, 5) is 14.0. The zero-order chi connectivity index (χ0) is 13.0. The van der Waals surface area contributed by atoms with Crippen molar-refractivity contribution < 1.29 is 14.6 Å². The van der Waals surface area contributed by atoms with Crippen LogP contribution in [0.1, 0.15) is 17.7 Å². The number of rotatable bonds is 5. The van der Waals surface area contributed by atoms with Gasteiger partial charge in [0.1, 0.15) is 6.61 Å². The van der Waals surface area contributed by atoms with Gasteiger partial charge in [0.05, 0.1) is 10.4 Å². The van der Waals surface area contributed by atoms with Crippen LogP contribution in [0.15, 0.2) is 12.1 Å². The van der Waals surface area contributed by atoms with Crippen LogP contribution < -0.4 is 0 Å². The summed E-state index contributed by atoms with van der Waals surface area (Å²) in [6.45, 7) is 2.62. The number of nitrogens with zero attached hydrogens (tertiary/aromatic N) is 1. The van der Waals surface area contributed by atoms with Crippen molar-refractivity contribution in [3.8, 4) is 0 Å². The zero-order valence-corrected chi connectivity index (χ0v) is 11.5. The highest BCUT2D eigenvalue weighted by atomic mass is 35.5. The smallest absolute Gasteiger partial charge is 0.329 e. The molecule has 4 nitrogen and oxygen atoms in total. The molecule has 0 aliphatic carbocycles. The Morgan fingerprint density at radius 2 is 2.22 bits per heavy atom.